The molecule has 0 saturated carbocycles. The quantitative estimate of drug-likeness (QED) is 0.813. The maximum atomic E-state index is 5.16. The van der Waals surface area contributed by atoms with E-state index in [1.54, 1.807) is 6.20 Å². The van der Waals surface area contributed by atoms with E-state index in [9.17, 15) is 0 Å². The number of rotatable bonds is 4. The van der Waals surface area contributed by atoms with Gasteiger partial charge in [0.25, 0.3) is 0 Å². The van der Waals surface area contributed by atoms with Crippen molar-refractivity contribution in [3.63, 3.8) is 0 Å². The Hall–Kier alpha value is -1.99. The van der Waals surface area contributed by atoms with Crippen molar-refractivity contribution < 1.29 is 4.52 Å². The van der Waals surface area contributed by atoms with Crippen LogP contribution < -0.4 is 4.90 Å². The van der Waals surface area contributed by atoms with Gasteiger partial charge in [-0.3, -0.25) is 9.80 Å². The number of piperazine rings is 1. The number of anilines is 1. The molecule has 2 aromatic rings. The molecule has 2 aromatic heterocycles. The highest BCUT2D eigenvalue weighted by atomic mass is 16.5. The van der Waals surface area contributed by atoms with Crippen LogP contribution >= 0.6 is 0 Å². The van der Waals surface area contributed by atoms with Gasteiger partial charge in [0.2, 0.25) is 5.95 Å². The van der Waals surface area contributed by atoms with Gasteiger partial charge in [-0.1, -0.05) is 5.16 Å². The third-order valence-electron chi connectivity index (χ3n) is 4.47. The van der Waals surface area contributed by atoms with Crippen molar-refractivity contribution in [3.8, 4) is 0 Å². The minimum Gasteiger partial charge on any atom is -0.360 e. The first-order valence-electron chi connectivity index (χ1n) is 7.76. The Morgan fingerprint density at radius 3 is 2.50 bits per heavy atom. The van der Waals surface area contributed by atoms with Crippen LogP contribution in [-0.2, 0) is 6.54 Å². The molecule has 0 atom stereocenters. The summed E-state index contributed by atoms with van der Waals surface area (Å²) < 4.78 is 5.16. The zero-order valence-electron chi connectivity index (χ0n) is 12.5. The Kier molecular flexibility index (Phi) is 3.74. The van der Waals surface area contributed by atoms with Gasteiger partial charge < -0.3 is 9.42 Å². The summed E-state index contributed by atoms with van der Waals surface area (Å²) in [7, 11) is 0. The minimum absolute atomic E-state index is 0.668. The van der Waals surface area contributed by atoms with Gasteiger partial charge in [0.1, 0.15) is 0 Å². The molecule has 0 aromatic carbocycles. The van der Waals surface area contributed by atoms with Crippen molar-refractivity contribution in [2.75, 3.05) is 44.2 Å². The Morgan fingerprint density at radius 2 is 1.82 bits per heavy atom. The molecule has 4 heterocycles. The molecule has 4 rings (SSSR count). The summed E-state index contributed by atoms with van der Waals surface area (Å²) in [5.74, 6) is 1.80. The van der Waals surface area contributed by atoms with Crippen LogP contribution in [-0.4, -0.2) is 70.2 Å². The van der Waals surface area contributed by atoms with Gasteiger partial charge in [-0.15, -0.1) is 0 Å². The van der Waals surface area contributed by atoms with Crippen LogP contribution in [0.25, 0.3) is 0 Å². The van der Waals surface area contributed by atoms with Gasteiger partial charge in [-0.05, 0) is 6.07 Å². The molecule has 2 saturated heterocycles. The summed E-state index contributed by atoms with van der Waals surface area (Å²) in [6.07, 6.45) is 5.32. The molecule has 0 spiro atoms. The molecule has 2 fully saturated rings. The molecule has 0 bridgehead atoms. The van der Waals surface area contributed by atoms with Crippen LogP contribution in [0.1, 0.15) is 5.76 Å². The molecule has 0 aliphatic carbocycles. The second-order valence-corrected chi connectivity index (χ2v) is 5.90. The lowest BCUT2D eigenvalue weighted by Gasteiger charge is -2.47. The standard InChI is InChI=1S/C15H20N6O/c1-3-16-15(17-4-1)21-8-6-20(7-9-21)13-10-19(11-13)12-14-2-5-18-22-14/h1-5,13H,6-12H2. The summed E-state index contributed by atoms with van der Waals surface area (Å²) in [6, 6.07) is 4.46. The maximum Gasteiger partial charge on any atom is 0.225 e. The molecule has 0 radical (unpaired) electrons. The Bertz CT molecular complexity index is 575. The second-order valence-electron chi connectivity index (χ2n) is 5.90. The molecule has 116 valence electrons. The van der Waals surface area contributed by atoms with Gasteiger partial charge in [0.05, 0.1) is 12.7 Å². The Labute approximate surface area is 129 Å². The van der Waals surface area contributed by atoms with Crippen LogP contribution in [0, 0.1) is 0 Å². The molecule has 7 heteroatoms. The van der Waals surface area contributed by atoms with E-state index >= 15 is 0 Å². The lowest BCUT2D eigenvalue weighted by molar-refractivity contribution is 0.0205. The Balaban J connectivity index is 1.24. The highest BCUT2D eigenvalue weighted by molar-refractivity contribution is 5.29. The molecule has 22 heavy (non-hydrogen) atoms. The summed E-state index contributed by atoms with van der Waals surface area (Å²) in [6.45, 7) is 7.27. The minimum atomic E-state index is 0.668. The summed E-state index contributed by atoms with van der Waals surface area (Å²) in [5.41, 5.74) is 0. The van der Waals surface area contributed by atoms with Crippen LogP contribution in [0.15, 0.2) is 35.2 Å². The SMILES string of the molecule is c1cnc(N2CCN(C3CN(Cc4ccno4)C3)CC2)nc1. The van der Waals surface area contributed by atoms with Crippen LogP contribution in [0.2, 0.25) is 0 Å². The predicted molar refractivity (Wildman–Crippen MR) is 81.4 cm³/mol. The number of likely N-dealkylation sites (tertiary alicyclic amines) is 1. The monoisotopic (exact) mass is 300 g/mol. The average Bonchev–Trinajstić information content (AvgIpc) is 3.05. The van der Waals surface area contributed by atoms with Crippen LogP contribution in [0.4, 0.5) is 5.95 Å². The van der Waals surface area contributed by atoms with E-state index in [1.165, 1.54) is 0 Å². The van der Waals surface area contributed by atoms with Crippen LogP contribution in [0.5, 0.6) is 0 Å². The molecule has 2 aliphatic rings. The third kappa shape index (κ3) is 2.82. The van der Waals surface area contributed by atoms with E-state index in [2.05, 4.69) is 29.8 Å². The smallest absolute Gasteiger partial charge is 0.225 e. The average molecular weight is 300 g/mol. The molecule has 0 unspecified atom stereocenters. The van der Waals surface area contributed by atoms with Crippen molar-refractivity contribution in [1.29, 1.82) is 0 Å². The van der Waals surface area contributed by atoms with Crippen LogP contribution in [0.3, 0.4) is 0 Å². The normalized spacial score (nSPS) is 21.0. The van der Waals surface area contributed by atoms with Gasteiger partial charge in [0, 0.05) is 63.8 Å². The van der Waals surface area contributed by atoms with E-state index in [1.807, 2.05) is 24.5 Å². The molecule has 7 nitrogen and oxygen atoms in total. The van der Waals surface area contributed by atoms with Crippen molar-refractivity contribution in [3.05, 3.63) is 36.5 Å². The highest BCUT2D eigenvalue weighted by Gasteiger charge is 2.34. The molecule has 0 amide bonds. The van der Waals surface area contributed by atoms with Gasteiger partial charge in [0.15, 0.2) is 5.76 Å². The number of hydrogen-bond donors (Lipinski definition) is 0. The largest absolute Gasteiger partial charge is 0.360 e. The van der Waals surface area contributed by atoms with Crippen molar-refractivity contribution in [2.24, 2.45) is 0 Å². The third-order valence-corrected chi connectivity index (χ3v) is 4.47. The van der Waals surface area contributed by atoms with Crippen molar-refractivity contribution in [2.45, 2.75) is 12.6 Å². The fourth-order valence-electron chi connectivity index (χ4n) is 3.19. The first-order valence-corrected chi connectivity index (χ1v) is 7.76. The molecule has 0 N–H and O–H groups in total. The summed E-state index contributed by atoms with van der Waals surface area (Å²) in [4.78, 5) is 15.9. The topological polar surface area (TPSA) is 61.5 Å². The van der Waals surface area contributed by atoms with E-state index in [-0.39, 0.29) is 0 Å². The van der Waals surface area contributed by atoms with E-state index in [0.717, 1.165) is 57.5 Å². The fourth-order valence-corrected chi connectivity index (χ4v) is 3.19. The maximum absolute atomic E-state index is 5.16. The van der Waals surface area contributed by atoms with E-state index in [0.29, 0.717) is 6.04 Å². The first-order chi connectivity index (χ1) is 10.9. The Morgan fingerprint density at radius 1 is 1.05 bits per heavy atom. The number of hydrogen-bond acceptors (Lipinski definition) is 7. The van der Waals surface area contributed by atoms with E-state index in [4.69, 9.17) is 4.52 Å². The van der Waals surface area contributed by atoms with Gasteiger partial charge >= 0.3 is 0 Å². The number of nitrogens with zero attached hydrogens (tertiary/aromatic N) is 6. The predicted octanol–water partition coefficient (Wildman–Crippen LogP) is 0.471. The first kappa shape index (κ1) is 13.7. The summed E-state index contributed by atoms with van der Waals surface area (Å²) in [5, 5.41) is 3.75. The van der Waals surface area contributed by atoms with Crippen molar-refractivity contribution >= 4 is 5.95 Å². The highest BCUT2D eigenvalue weighted by Crippen LogP contribution is 2.20. The zero-order chi connectivity index (χ0) is 14.8. The zero-order valence-corrected chi connectivity index (χ0v) is 12.5. The lowest BCUT2D eigenvalue weighted by Crippen LogP contribution is -2.62. The fraction of sp³-hybridized carbons (Fsp3) is 0.533. The van der Waals surface area contributed by atoms with Gasteiger partial charge in [-0.2, -0.15) is 0 Å². The molecule has 2 aliphatic heterocycles. The summed E-state index contributed by atoms with van der Waals surface area (Å²) >= 11 is 0. The molecular weight excluding hydrogens is 280 g/mol. The van der Waals surface area contributed by atoms with Gasteiger partial charge in [-0.25, -0.2) is 9.97 Å². The molecular formula is C15H20N6O. The second kappa shape index (κ2) is 6.02. The van der Waals surface area contributed by atoms with Crippen molar-refractivity contribution in [1.82, 2.24) is 24.9 Å². The van der Waals surface area contributed by atoms with E-state index < -0.39 is 0 Å². The lowest BCUT2D eigenvalue weighted by atomic mass is 10.1. The number of aromatic nitrogens is 3.